The Balaban J connectivity index is 3.33. The summed E-state index contributed by atoms with van der Waals surface area (Å²) in [4.78, 5) is 0. The fraction of sp³-hybridized carbons (Fsp3) is 0.500. The summed E-state index contributed by atoms with van der Waals surface area (Å²) in [7, 11) is 1.65. The molecular weight excluding hydrogens is 176 g/mol. The van der Waals surface area contributed by atoms with Crippen LogP contribution in [0.3, 0.4) is 0 Å². The summed E-state index contributed by atoms with van der Waals surface area (Å²) >= 11 is 0. The van der Waals surface area contributed by atoms with Gasteiger partial charge in [-0.25, -0.2) is 0 Å². The Morgan fingerprint density at radius 2 is 1.57 bits per heavy atom. The van der Waals surface area contributed by atoms with Crippen LogP contribution >= 0.6 is 0 Å². The van der Waals surface area contributed by atoms with E-state index >= 15 is 0 Å². The first-order valence-corrected chi connectivity index (χ1v) is 4.74. The Morgan fingerprint density at radius 3 is 1.86 bits per heavy atom. The van der Waals surface area contributed by atoms with Crippen LogP contribution in [0, 0.1) is 13.8 Å². The first-order valence-electron chi connectivity index (χ1n) is 4.74. The van der Waals surface area contributed by atoms with Crippen molar-refractivity contribution < 1.29 is 9.84 Å². The Kier molecular flexibility index (Phi) is 2.86. The third-order valence-corrected chi connectivity index (χ3v) is 2.35. The van der Waals surface area contributed by atoms with Gasteiger partial charge in [-0.15, -0.1) is 0 Å². The monoisotopic (exact) mass is 194 g/mol. The minimum absolute atomic E-state index is 0.791. The molecule has 0 fully saturated rings. The number of aliphatic hydroxyl groups is 1. The van der Waals surface area contributed by atoms with Crippen molar-refractivity contribution in [1.82, 2.24) is 0 Å². The van der Waals surface area contributed by atoms with E-state index in [2.05, 4.69) is 0 Å². The molecule has 1 aromatic carbocycles. The molecule has 0 heterocycles. The molecule has 14 heavy (non-hydrogen) atoms. The van der Waals surface area contributed by atoms with E-state index in [4.69, 9.17) is 4.74 Å². The summed E-state index contributed by atoms with van der Waals surface area (Å²) in [6.45, 7) is 7.58. The van der Waals surface area contributed by atoms with E-state index < -0.39 is 5.60 Å². The van der Waals surface area contributed by atoms with E-state index in [-0.39, 0.29) is 0 Å². The van der Waals surface area contributed by atoms with Crippen LogP contribution in [-0.2, 0) is 5.60 Å². The van der Waals surface area contributed by atoms with Gasteiger partial charge in [-0.2, -0.15) is 0 Å². The smallest absolute Gasteiger partial charge is 0.119 e. The molecule has 2 heteroatoms. The van der Waals surface area contributed by atoms with Crippen molar-refractivity contribution >= 4 is 0 Å². The first-order chi connectivity index (χ1) is 6.36. The van der Waals surface area contributed by atoms with Crippen LogP contribution in [0.2, 0.25) is 0 Å². The highest BCUT2D eigenvalue weighted by Crippen LogP contribution is 2.30. The molecule has 0 saturated heterocycles. The van der Waals surface area contributed by atoms with Crippen LogP contribution < -0.4 is 4.74 Å². The molecule has 1 N–H and O–H groups in total. The summed E-state index contributed by atoms with van der Waals surface area (Å²) in [6.07, 6.45) is 0. The molecule has 0 aromatic heterocycles. The zero-order chi connectivity index (χ0) is 10.9. The van der Waals surface area contributed by atoms with Crippen molar-refractivity contribution in [3.8, 4) is 5.75 Å². The number of hydrogen-bond acceptors (Lipinski definition) is 2. The zero-order valence-corrected chi connectivity index (χ0v) is 9.51. The third kappa shape index (κ3) is 2.07. The molecule has 0 spiro atoms. The Labute approximate surface area is 85.5 Å². The van der Waals surface area contributed by atoms with Gasteiger partial charge in [-0.1, -0.05) is 0 Å². The summed E-state index contributed by atoms with van der Waals surface area (Å²) < 4.78 is 5.16. The molecule has 0 amide bonds. The molecule has 0 saturated carbocycles. The molecule has 0 radical (unpaired) electrons. The van der Waals surface area contributed by atoms with Gasteiger partial charge in [0.1, 0.15) is 5.75 Å². The standard InChI is InChI=1S/C12H18O2/c1-8-6-10(14-5)7-9(2)11(8)12(3,4)13/h6-7,13H,1-5H3. The lowest BCUT2D eigenvalue weighted by molar-refractivity contribution is 0.0772. The molecule has 1 rings (SSSR count). The lowest BCUT2D eigenvalue weighted by atomic mass is 9.89. The largest absolute Gasteiger partial charge is 0.497 e. The first kappa shape index (κ1) is 11.1. The van der Waals surface area contributed by atoms with Crippen molar-refractivity contribution in [1.29, 1.82) is 0 Å². The van der Waals surface area contributed by atoms with Gasteiger partial charge in [0.2, 0.25) is 0 Å². The van der Waals surface area contributed by atoms with Gasteiger partial charge in [0.25, 0.3) is 0 Å². The van der Waals surface area contributed by atoms with Crippen LogP contribution in [0.1, 0.15) is 30.5 Å². The SMILES string of the molecule is COc1cc(C)c(C(C)(C)O)c(C)c1. The predicted molar refractivity (Wildman–Crippen MR) is 57.7 cm³/mol. The van der Waals surface area contributed by atoms with E-state index in [1.54, 1.807) is 21.0 Å². The van der Waals surface area contributed by atoms with Crippen molar-refractivity contribution in [2.24, 2.45) is 0 Å². The van der Waals surface area contributed by atoms with Crippen LogP contribution in [0.4, 0.5) is 0 Å². The van der Waals surface area contributed by atoms with E-state index in [0.717, 1.165) is 22.4 Å². The summed E-state index contributed by atoms with van der Waals surface area (Å²) in [5, 5.41) is 9.97. The predicted octanol–water partition coefficient (Wildman–Crippen LogP) is 2.54. The molecule has 0 aliphatic heterocycles. The number of rotatable bonds is 2. The molecule has 0 aliphatic rings. The summed E-state index contributed by atoms with van der Waals surface area (Å²) in [5.74, 6) is 0.841. The second-order valence-corrected chi connectivity index (χ2v) is 4.20. The third-order valence-electron chi connectivity index (χ3n) is 2.35. The van der Waals surface area contributed by atoms with Gasteiger partial charge in [0.05, 0.1) is 12.7 Å². The summed E-state index contributed by atoms with van der Waals surface area (Å²) in [5.41, 5.74) is 2.32. The van der Waals surface area contributed by atoms with Gasteiger partial charge in [0.15, 0.2) is 0 Å². The van der Waals surface area contributed by atoms with Gasteiger partial charge < -0.3 is 9.84 Å². The van der Waals surface area contributed by atoms with E-state index in [1.807, 2.05) is 26.0 Å². The molecule has 0 atom stereocenters. The average molecular weight is 194 g/mol. The Morgan fingerprint density at radius 1 is 1.14 bits per heavy atom. The highest BCUT2D eigenvalue weighted by Gasteiger charge is 2.21. The van der Waals surface area contributed by atoms with Gasteiger partial charge in [-0.05, 0) is 56.5 Å². The topological polar surface area (TPSA) is 29.5 Å². The average Bonchev–Trinajstić information content (AvgIpc) is 1.99. The molecule has 0 bridgehead atoms. The number of hydrogen-bond donors (Lipinski definition) is 1. The van der Waals surface area contributed by atoms with E-state index in [1.165, 1.54) is 0 Å². The maximum absolute atomic E-state index is 9.97. The highest BCUT2D eigenvalue weighted by atomic mass is 16.5. The second-order valence-electron chi connectivity index (χ2n) is 4.20. The Bertz CT molecular complexity index is 312. The molecule has 0 unspecified atom stereocenters. The normalized spacial score (nSPS) is 11.6. The highest BCUT2D eigenvalue weighted by molar-refractivity contribution is 5.43. The van der Waals surface area contributed by atoms with Crippen LogP contribution in [0.5, 0.6) is 5.75 Å². The summed E-state index contributed by atoms with van der Waals surface area (Å²) in [6, 6.07) is 3.89. The van der Waals surface area contributed by atoms with E-state index in [9.17, 15) is 5.11 Å². The fourth-order valence-corrected chi connectivity index (χ4v) is 2.01. The fourth-order valence-electron chi connectivity index (χ4n) is 2.01. The minimum Gasteiger partial charge on any atom is -0.497 e. The lowest BCUT2D eigenvalue weighted by Crippen LogP contribution is -2.18. The maximum atomic E-state index is 9.97. The quantitative estimate of drug-likeness (QED) is 0.784. The molecule has 0 aliphatic carbocycles. The zero-order valence-electron chi connectivity index (χ0n) is 9.51. The van der Waals surface area contributed by atoms with Gasteiger partial charge >= 0.3 is 0 Å². The lowest BCUT2D eigenvalue weighted by Gasteiger charge is -2.23. The second kappa shape index (κ2) is 3.62. The Hall–Kier alpha value is -1.02. The molecule has 78 valence electrons. The van der Waals surface area contributed by atoms with E-state index in [0.29, 0.717) is 0 Å². The number of ether oxygens (including phenoxy) is 1. The van der Waals surface area contributed by atoms with Crippen molar-refractivity contribution in [3.05, 3.63) is 28.8 Å². The number of methoxy groups -OCH3 is 1. The molecule has 1 aromatic rings. The van der Waals surface area contributed by atoms with Gasteiger partial charge in [-0.3, -0.25) is 0 Å². The number of benzene rings is 1. The molecular formula is C12H18O2. The van der Waals surface area contributed by atoms with Crippen LogP contribution in [0.15, 0.2) is 12.1 Å². The number of aryl methyl sites for hydroxylation is 2. The van der Waals surface area contributed by atoms with Crippen LogP contribution in [0.25, 0.3) is 0 Å². The van der Waals surface area contributed by atoms with Crippen molar-refractivity contribution in [3.63, 3.8) is 0 Å². The van der Waals surface area contributed by atoms with Crippen molar-refractivity contribution in [2.75, 3.05) is 7.11 Å². The minimum atomic E-state index is -0.791. The molecule has 2 nitrogen and oxygen atoms in total. The van der Waals surface area contributed by atoms with Crippen molar-refractivity contribution in [2.45, 2.75) is 33.3 Å². The maximum Gasteiger partial charge on any atom is 0.119 e. The van der Waals surface area contributed by atoms with Gasteiger partial charge in [0, 0.05) is 0 Å². The van der Waals surface area contributed by atoms with Crippen LogP contribution in [-0.4, -0.2) is 12.2 Å².